The van der Waals surface area contributed by atoms with Crippen molar-refractivity contribution in [3.05, 3.63) is 45.7 Å². The number of hydrogen-bond acceptors (Lipinski definition) is 6. The van der Waals surface area contributed by atoms with Crippen LogP contribution in [0.3, 0.4) is 0 Å². The van der Waals surface area contributed by atoms with Crippen molar-refractivity contribution in [1.29, 1.82) is 0 Å². The number of fused-ring (bicyclic) bond motifs is 1. The number of aromatic nitrogens is 2. The molecule has 0 unspecified atom stereocenters. The molecule has 0 spiro atoms. The van der Waals surface area contributed by atoms with Crippen LogP contribution in [0.2, 0.25) is 0 Å². The zero-order chi connectivity index (χ0) is 22.5. The minimum atomic E-state index is -0.288. The van der Waals surface area contributed by atoms with Crippen LogP contribution in [0.4, 0.5) is 0 Å². The van der Waals surface area contributed by atoms with E-state index in [-0.39, 0.29) is 5.56 Å². The number of aryl methyl sites for hydroxylation is 2. The van der Waals surface area contributed by atoms with Gasteiger partial charge >= 0.3 is 0 Å². The fraction of sp³-hybridized carbons (Fsp3) is 0.348. The number of amides is 1. The molecule has 0 aliphatic rings. The number of aromatic amines is 1. The highest BCUT2D eigenvalue weighted by atomic mass is 16.5. The fourth-order valence-electron chi connectivity index (χ4n) is 3.49. The van der Waals surface area contributed by atoms with E-state index >= 15 is 0 Å². The van der Waals surface area contributed by atoms with Crippen LogP contribution in [0.1, 0.15) is 18.1 Å². The molecule has 3 rings (SSSR count). The lowest BCUT2D eigenvalue weighted by Crippen LogP contribution is -2.26. The van der Waals surface area contributed by atoms with Gasteiger partial charge in [0.25, 0.3) is 5.56 Å². The van der Waals surface area contributed by atoms with Gasteiger partial charge in [0.1, 0.15) is 35.1 Å². The number of methoxy groups -OCH3 is 2. The van der Waals surface area contributed by atoms with Crippen LogP contribution in [0.25, 0.3) is 22.3 Å². The SMILES string of the molecule is CCN(C=O)CCOc1c(C)cc(-c2nc3cc(OC)cc(OC)c3c(=O)[nH]2)cc1C. The maximum Gasteiger partial charge on any atom is 0.262 e. The van der Waals surface area contributed by atoms with Gasteiger partial charge in [-0.3, -0.25) is 9.59 Å². The van der Waals surface area contributed by atoms with Crippen molar-refractivity contribution < 1.29 is 19.0 Å². The third-order valence-electron chi connectivity index (χ3n) is 5.12. The molecular weight excluding hydrogens is 398 g/mol. The van der Waals surface area contributed by atoms with Crippen LogP contribution in [0.15, 0.2) is 29.1 Å². The second-order valence-electron chi connectivity index (χ2n) is 7.16. The number of nitrogens with one attached hydrogen (secondary N) is 1. The number of carbonyl (C=O) groups excluding carboxylic acids is 1. The minimum absolute atomic E-state index is 0.288. The third-order valence-corrected chi connectivity index (χ3v) is 5.12. The maximum atomic E-state index is 12.8. The Labute approximate surface area is 180 Å². The zero-order valence-corrected chi connectivity index (χ0v) is 18.4. The summed E-state index contributed by atoms with van der Waals surface area (Å²) < 4.78 is 16.6. The molecule has 8 nitrogen and oxygen atoms in total. The molecule has 0 bridgehead atoms. The van der Waals surface area contributed by atoms with E-state index in [0.29, 0.717) is 47.9 Å². The quantitative estimate of drug-likeness (QED) is 0.530. The molecule has 0 aliphatic heterocycles. The molecule has 0 atom stereocenters. The van der Waals surface area contributed by atoms with Crippen LogP contribution in [-0.4, -0.2) is 55.2 Å². The van der Waals surface area contributed by atoms with Gasteiger partial charge in [-0.05, 0) is 44.0 Å². The lowest BCUT2D eigenvalue weighted by molar-refractivity contribution is -0.118. The van der Waals surface area contributed by atoms with Gasteiger partial charge in [0.15, 0.2) is 0 Å². The summed E-state index contributed by atoms with van der Waals surface area (Å²) in [5.41, 5.74) is 2.79. The molecule has 0 saturated heterocycles. The van der Waals surface area contributed by atoms with E-state index in [1.165, 1.54) is 7.11 Å². The highest BCUT2D eigenvalue weighted by Gasteiger charge is 2.15. The van der Waals surface area contributed by atoms with E-state index in [9.17, 15) is 9.59 Å². The molecule has 0 aliphatic carbocycles. The first kappa shape index (κ1) is 22.1. The smallest absolute Gasteiger partial charge is 0.262 e. The van der Waals surface area contributed by atoms with Crippen LogP contribution >= 0.6 is 0 Å². The molecule has 8 heteroatoms. The third kappa shape index (κ3) is 4.63. The molecule has 1 N–H and O–H groups in total. The topological polar surface area (TPSA) is 93.8 Å². The van der Waals surface area contributed by atoms with E-state index in [4.69, 9.17) is 14.2 Å². The predicted molar refractivity (Wildman–Crippen MR) is 119 cm³/mol. The number of carbonyl (C=O) groups is 1. The normalized spacial score (nSPS) is 10.7. The summed E-state index contributed by atoms with van der Waals surface area (Å²) in [6, 6.07) is 7.20. The zero-order valence-electron chi connectivity index (χ0n) is 18.4. The highest BCUT2D eigenvalue weighted by molar-refractivity contribution is 5.87. The molecule has 31 heavy (non-hydrogen) atoms. The Morgan fingerprint density at radius 3 is 2.39 bits per heavy atom. The van der Waals surface area contributed by atoms with Crippen molar-refractivity contribution in [2.24, 2.45) is 0 Å². The minimum Gasteiger partial charge on any atom is -0.497 e. The van der Waals surface area contributed by atoms with E-state index in [0.717, 1.165) is 28.8 Å². The highest BCUT2D eigenvalue weighted by Crippen LogP contribution is 2.31. The van der Waals surface area contributed by atoms with Crippen molar-refractivity contribution in [2.45, 2.75) is 20.8 Å². The van der Waals surface area contributed by atoms with Crippen LogP contribution in [-0.2, 0) is 4.79 Å². The summed E-state index contributed by atoms with van der Waals surface area (Å²) in [7, 11) is 3.05. The fourth-order valence-corrected chi connectivity index (χ4v) is 3.49. The maximum absolute atomic E-state index is 12.8. The number of rotatable bonds is 9. The Balaban J connectivity index is 1.97. The summed E-state index contributed by atoms with van der Waals surface area (Å²) in [6.45, 7) is 7.35. The second-order valence-corrected chi connectivity index (χ2v) is 7.16. The predicted octanol–water partition coefficient (Wildman–Crippen LogP) is 3.08. The van der Waals surface area contributed by atoms with Crippen molar-refractivity contribution in [3.8, 4) is 28.6 Å². The molecule has 1 amide bonds. The van der Waals surface area contributed by atoms with E-state index < -0.39 is 0 Å². The van der Waals surface area contributed by atoms with Crippen molar-refractivity contribution in [2.75, 3.05) is 33.9 Å². The summed E-state index contributed by atoms with van der Waals surface area (Å²) in [4.78, 5) is 32.8. The molecule has 0 saturated carbocycles. The molecule has 1 aromatic heterocycles. The van der Waals surface area contributed by atoms with Gasteiger partial charge in [0, 0.05) is 24.2 Å². The molecule has 0 radical (unpaired) electrons. The van der Waals surface area contributed by atoms with Gasteiger partial charge in [0.05, 0.1) is 26.3 Å². The molecular formula is C23H27N3O5. The first-order chi connectivity index (χ1) is 14.9. The molecule has 164 valence electrons. The summed E-state index contributed by atoms with van der Waals surface area (Å²) >= 11 is 0. The second kappa shape index (κ2) is 9.51. The van der Waals surface area contributed by atoms with Crippen molar-refractivity contribution >= 4 is 17.3 Å². The van der Waals surface area contributed by atoms with Crippen LogP contribution in [0, 0.1) is 13.8 Å². The van der Waals surface area contributed by atoms with Crippen LogP contribution < -0.4 is 19.8 Å². The van der Waals surface area contributed by atoms with E-state index in [1.807, 2.05) is 32.9 Å². The lowest BCUT2D eigenvalue weighted by Gasteiger charge is -2.18. The average molecular weight is 425 g/mol. The molecule has 0 fully saturated rings. The van der Waals surface area contributed by atoms with Gasteiger partial charge in [-0.1, -0.05) is 0 Å². The first-order valence-corrected chi connectivity index (χ1v) is 10.0. The Kier molecular flexibility index (Phi) is 6.79. The van der Waals surface area contributed by atoms with Gasteiger partial charge in [-0.25, -0.2) is 4.98 Å². The molecule has 3 aromatic rings. The van der Waals surface area contributed by atoms with Gasteiger partial charge in [-0.2, -0.15) is 0 Å². The summed E-state index contributed by atoms with van der Waals surface area (Å²) in [5.74, 6) is 2.17. The standard InChI is InChI=1S/C23H27N3O5/c1-6-26(13-27)7-8-31-21-14(2)9-16(10-15(21)3)22-24-18-11-17(29-4)12-19(30-5)20(18)23(28)25-22/h9-13H,6-8H2,1-5H3,(H,24,25,28). The Hall–Kier alpha value is -3.55. The van der Waals surface area contributed by atoms with Gasteiger partial charge in [-0.15, -0.1) is 0 Å². The Bertz CT molecular complexity index is 1130. The Morgan fingerprint density at radius 1 is 1.10 bits per heavy atom. The number of nitrogens with zero attached hydrogens (tertiary/aromatic N) is 2. The number of H-pyrrole nitrogens is 1. The number of hydrogen-bond donors (Lipinski definition) is 1. The van der Waals surface area contributed by atoms with E-state index in [1.54, 1.807) is 24.1 Å². The Morgan fingerprint density at radius 2 is 1.81 bits per heavy atom. The summed E-state index contributed by atoms with van der Waals surface area (Å²) in [5, 5.41) is 0.371. The van der Waals surface area contributed by atoms with Crippen LogP contribution in [0.5, 0.6) is 17.2 Å². The number of ether oxygens (including phenoxy) is 3. The number of likely N-dealkylation sites (N-methyl/N-ethyl adjacent to an activating group) is 1. The monoisotopic (exact) mass is 425 g/mol. The van der Waals surface area contributed by atoms with Gasteiger partial charge in [0.2, 0.25) is 6.41 Å². The average Bonchev–Trinajstić information content (AvgIpc) is 2.77. The van der Waals surface area contributed by atoms with Crippen molar-refractivity contribution in [3.63, 3.8) is 0 Å². The first-order valence-electron chi connectivity index (χ1n) is 10.0. The van der Waals surface area contributed by atoms with Crippen molar-refractivity contribution in [1.82, 2.24) is 14.9 Å². The largest absolute Gasteiger partial charge is 0.497 e. The molecule has 1 heterocycles. The lowest BCUT2D eigenvalue weighted by atomic mass is 10.0. The number of benzene rings is 2. The van der Waals surface area contributed by atoms with Gasteiger partial charge < -0.3 is 24.1 Å². The summed E-state index contributed by atoms with van der Waals surface area (Å²) in [6.07, 6.45) is 0.817. The van der Waals surface area contributed by atoms with E-state index in [2.05, 4.69) is 9.97 Å². The molecule has 2 aromatic carbocycles.